The van der Waals surface area contributed by atoms with Crippen molar-refractivity contribution in [3.63, 3.8) is 0 Å². The lowest BCUT2D eigenvalue weighted by Gasteiger charge is -2.08. The number of hydrogen-bond donors (Lipinski definition) is 8. The van der Waals surface area contributed by atoms with E-state index >= 15 is 0 Å². The Balaban J connectivity index is 0.000000157. The van der Waals surface area contributed by atoms with Gasteiger partial charge in [-0.3, -0.25) is 4.79 Å². The molecule has 360 valence electrons. The third-order valence-corrected chi connectivity index (χ3v) is 12.2. The van der Waals surface area contributed by atoms with Crippen molar-refractivity contribution in [3.05, 3.63) is 196 Å². The second-order valence-electron chi connectivity index (χ2n) is 17.3. The number of primary amides is 1. The molecule has 0 unspecified atom stereocenters. The zero-order valence-corrected chi connectivity index (χ0v) is 39.6. The van der Waals surface area contributed by atoms with Gasteiger partial charge in [-0.05, 0) is 132 Å². The van der Waals surface area contributed by atoms with Crippen LogP contribution in [0.4, 0.5) is 0 Å². The number of esters is 1. The number of fused-ring (bicyclic) bond motifs is 3. The Labute approximate surface area is 410 Å². The number of benzene rings is 6. The summed E-state index contributed by atoms with van der Waals surface area (Å²) in [5, 5.41) is 66.9. The standard InChI is InChI=1S/C19H20BNO4.C17H17BN2O3.C17H16BNO4/c1-3-25-19(22)15-6-9-18-17(10-15)13(2)11-21(18)12-14-4-7-16(8-5-14)20(23)24;1-11-9-20(10-12-2-5-14(6-3-12)18(22)23)16-7-4-13(17(19)21)8-15(11)16;1-11-9-19(10-12-2-5-14(6-3-12)18(22)23)16-7-4-13(17(20)21)8-15(11)16/h4-11,23-24H,3,12H2,1-2H3;2-9,22-23H,10H2,1H3,(H2,19,21);2-9,22-23H,10H2,1H3,(H,20,21). The van der Waals surface area contributed by atoms with Crippen LogP contribution in [0.15, 0.2) is 146 Å². The number of carboxylic acid groups (broad SMARTS) is 1. The highest BCUT2D eigenvalue weighted by Crippen LogP contribution is 2.26. The summed E-state index contributed by atoms with van der Waals surface area (Å²) in [5.74, 6) is -1.68. The molecular weight excluding hydrogens is 901 g/mol. The van der Waals surface area contributed by atoms with Crippen LogP contribution in [0.1, 0.15) is 71.4 Å². The first-order valence-electron chi connectivity index (χ1n) is 22.7. The maximum absolute atomic E-state index is 11.9. The Morgan fingerprint density at radius 3 is 1.10 bits per heavy atom. The van der Waals surface area contributed by atoms with E-state index in [1.807, 2.05) is 99.9 Å². The third-order valence-electron chi connectivity index (χ3n) is 12.2. The molecule has 0 saturated heterocycles. The Kier molecular flexibility index (Phi) is 16.1. The van der Waals surface area contributed by atoms with Crippen LogP contribution in [-0.4, -0.2) is 94.8 Å². The van der Waals surface area contributed by atoms with Gasteiger partial charge in [0.15, 0.2) is 0 Å². The van der Waals surface area contributed by atoms with Crippen molar-refractivity contribution >= 4 is 88.3 Å². The Hall–Kier alpha value is -7.70. The summed E-state index contributed by atoms with van der Waals surface area (Å²) in [7, 11) is -4.37. The third kappa shape index (κ3) is 12.2. The first kappa shape index (κ1) is 51.2. The van der Waals surface area contributed by atoms with Crippen LogP contribution in [0.3, 0.4) is 0 Å². The molecule has 0 bridgehead atoms. The van der Waals surface area contributed by atoms with E-state index in [1.54, 1.807) is 67.6 Å². The summed E-state index contributed by atoms with van der Waals surface area (Å²) in [6.07, 6.45) is 6.07. The van der Waals surface area contributed by atoms with Crippen LogP contribution in [0, 0.1) is 20.8 Å². The monoisotopic (exact) mass is 954 g/mol. The number of carbonyl (C=O) groups is 3. The van der Waals surface area contributed by atoms with E-state index in [9.17, 15) is 24.4 Å². The van der Waals surface area contributed by atoms with Gasteiger partial charge in [0.2, 0.25) is 5.91 Å². The summed E-state index contributed by atoms with van der Waals surface area (Å²) in [6, 6.07) is 37.5. The zero-order chi connectivity index (χ0) is 51.1. The van der Waals surface area contributed by atoms with Crippen LogP contribution in [0.2, 0.25) is 0 Å². The number of nitrogens with zero attached hydrogens (tertiary/aromatic N) is 3. The van der Waals surface area contributed by atoms with Crippen LogP contribution >= 0.6 is 0 Å². The van der Waals surface area contributed by atoms with Gasteiger partial charge in [0.05, 0.1) is 17.7 Å². The van der Waals surface area contributed by atoms with E-state index in [0.29, 0.717) is 53.8 Å². The molecule has 15 nitrogen and oxygen atoms in total. The molecule has 0 saturated carbocycles. The van der Waals surface area contributed by atoms with Gasteiger partial charge in [-0.15, -0.1) is 0 Å². The maximum Gasteiger partial charge on any atom is 0.488 e. The number of rotatable bonds is 13. The molecule has 0 aliphatic carbocycles. The molecule has 0 aliphatic rings. The molecular formula is C53H53B3N4O11. The van der Waals surface area contributed by atoms with Crippen molar-refractivity contribution in [1.29, 1.82) is 0 Å². The van der Waals surface area contributed by atoms with Crippen molar-refractivity contribution in [2.45, 2.75) is 47.3 Å². The summed E-state index contributed by atoms with van der Waals surface area (Å²) in [6.45, 7) is 10.0. The average Bonchev–Trinajstić information content (AvgIpc) is 3.96. The molecule has 18 heteroatoms. The van der Waals surface area contributed by atoms with Crippen LogP contribution in [0.5, 0.6) is 0 Å². The van der Waals surface area contributed by atoms with Crippen molar-refractivity contribution in [2.24, 2.45) is 5.73 Å². The van der Waals surface area contributed by atoms with E-state index in [4.69, 9.17) is 35.7 Å². The maximum atomic E-state index is 11.9. The van der Waals surface area contributed by atoms with Gasteiger partial charge in [0.25, 0.3) is 0 Å². The van der Waals surface area contributed by atoms with Crippen molar-refractivity contribution < 1.29 is 54.4 Å². The fraction of sp³-hybridized carbons (Fsp3) is 0.151. The van der Waals surface area contributed by atoms with Crippen molar-refractivity contribution in [2.75, 3.05) is 6.61 Å². The molecule has 6 aromatic carbocycles. The largest absolute Gasteiger partial charge is 0.488 e. The molecule has 0 fully saturated rings. The van der Waals surface area contributed by atoms with Gasteiger partial charge in [-0.25, -0.2) is 9.59 Å². The number of carboxylic acids is 1. The van der Waals surface area contributed by atoms with E-state index in [1.165, 1.54) is 0 Å². The second kappa shape index (κ2) is 22.4. The van der Waals surface area contributed by atoms with Crippen LogP contribution in [-0.2, 0) is 24.4 Å². The molecule has 9 N–H and O–H groups in total. The Morgan fingerprint density at radius 2 is 0.789 bits per heavy atom. The van der Waals surface area contributed by atoms with E-state index < -0.39 is 33.2 Å². The normalized spacial score (nSPS) is 10.9. The minimum absolute atomic E-state index is 0.277. The van der Waals surface area contributed by atoms with E-state index in [2.05, 4.69) is 19.9 Å². The predicted octanol–water partition coefficient (Wildman–Crippen LogP) is 4.01. The minimum Gasteiger partial charge on any atom is -0.478 e. The van der Waals surface area contributed by atoms with Crippen LogP contribution in [0.25, 0.3) is 32.7 Å². The highest BCUT2D eigenvalue weighted by molar-refractivity contribution is 6.59. The molecule has 3 aromatic heterocycles. The average molecular weight is 954 g/mol. The molecule has 9 aromatic rings. The minimum atomic E-state index is -1.46. The smallest absolute Gasteiger partial charge is 0.478 e. The van der Waals surface area contributed by atoms with Gasteiger partial charge in [0, 0.05) is 76.5 Å². The first-order valence-corrected chi connectivity index (χ1v) is 22.7. The molecule has 71 heavy (non-hydrogen) atoms. The van der Waals surface area contributed by atoms with Gasteiger partial charge in [0.1, 0.15) is 0 Å². The van der Waals surface area contributed by atoms with Crippen molar-refractivity contribution in [1.82, 2.24) is 13.7 Å². The molecule has 9 rings (SSSR count). The van der Waals surface area contributed by atoms with E-state index in [0.717, 1.165) is 66.1 Å². The first-order chi connectivity index (χ1) is 33.9. The number of aromatic nitrogens is 3. The fourth-order valence-electron chi connectivity index (χ4n) is 8.42. The number of nitrogens with two attached hydrogens (primary N) is 1. The number of aryl methyl sites for hydroxylation is 3. The lowest BCUT2D eigenvalue weighted by Crippen LogP contribution is -2.29. The summed E-state index contributed by atoms with van der Waals surface area (Å²) in [4.78, 5) is 34.3. The van der Waals surface area contributed by atoms with Crippen molar-refractivity contribution in [3.8, 4) is 0 Å². The summed E-state index contributed by atoms with van der Waals surface area (Å²) in [5.41, 5.74) is 17.4. The molecule has 0 spiro atoms. The highest BCUT2D eigenvalue weighted by atomic mass is 16.5. The molecule has 3 heterocycles. The lowest BCUT2D eigenvalue weighted by molar-refractivity contribution is 0.0525. The number of amides is 1. The molecule has 0 radical (unpaired) electrons. The van der Waals surface area contributed by atoms with Crippen LogP contribution < -0.4 is 22.1 Å². The SMILES string of the molecule is CCOC(=O)c1ccc2c(c1)c(C)cn2Cc1ccc(B(O)O)cc1.Cc1cn(Cc2ccc(B(O)O)cc2)c2ccc(C(=O)O)cc12.Cc1cn(Cc2ccc(B(O)O)cc2)c2ccc(C(N)=O)cc12. The van der Waals surface area contributed by atoms with Gasteiger partial charge < -0.3 is 59.4 Å². The zero-order valence-electron chi connectivity index (χ0n) is 39.6. The topological polar surface area (TPSA) is 243 Å². The summed E-state index contributed by atoms with van der Waals surface area (Å²) >= 11 is 0. The number of carbonyl (C=O) groups excluding carboxylic acids is 2. The number of ether oxygens (including phenoxy) is 1. The quantitative estimate of drug-likeness (QED) is 0.0607. The second-order valence-corrected chi connectivity index (χ2v) is 17.3. The fourth-order valence-corrected chi connectivity index (χ4v) is 8.42. The predicted molar refractivity (Wildman–Crippen MR) is 278 cm³/mol. The Morgan fingerprint density at radius 1 is 0.479 bits per heavy atom. The molecule has 1 amide bonds. The summed E-state index contributed by atoms with van der Waals surface area (Å²) < 4.78 is 11.3. The highest BCUT2D eigenvalue weighted by Gasteiger charge is 2.16. The van der Waals surface area contributed by atoms with Gasteiger partial charge in [-0.1, -0.05) is 72.8 Å². The van der Waals surface area contributed by atoms with Gasteiger partial charge >= 0.3 is 33.3 Å². The molecule has 0 atom stereocenters. The molecule has 0 aliphatic heterocycles. The van der Waals surface area contributed by atoms with E-state index in [-0.39, 0.29) is 11.5 Å². The Bertz CT molecular complexity index is 3200. The lowest BCUT2D eigenvalue weighted by atomic mass is 9.80. The number of hydrogen-bond acceptors (Lipinski definition) is 10. The van der Waals surface area contributed by atoms with Gasteiger partial charge in [-0.2, -0.15) is 0 Å². The number of aromatic carboxylic acids is 1.